The van der Waals surface area contributed by atoms with E-state index in [0.29, 0.717) is 5.56 Å². The molecule has 1 aliphatic heterocycles. The fourth-order valence-electron chi connectivity index (χ4n) is 2.65. The molecule has 120 valence electrons. The molecule has 0 atom stereocenters. The van der Waals surface area contributed by atoms with E-state index in [1.807, 2.05) is 54.2 Å². The molecule has 1 aliphatic rings. The minimum atomic E-state index is -0.104. The number of hydrogen-bond donors (Lipinski definition) is 1. The zero-order valence-electron chi connectivity index (χ0n) is 13.3. The van der Waals surface area contributed by atoms with Gasteiger partial charge in [-0.1, -0.05) is 6.07 Å². The molecule has 3 rings (SSSR count). The summed E-state index contributed by atoms with van der Waals surface area (Å²) in [6.45, 7) is 4.12. The van der Waals surface area contributed by atoms with Crippen LogP contribution in [0, 0.1) is 0 Å². The Labute approximate surface area is 140 Å². The number of nitrogens with one attached hydrogen (secondary N) is 1. The Kier molecular flexibility index (Phi) is 4.76. The molecule has 0 unspecified atom stereocenters. The maximum absolute atomic E-state index is 12.5. The Hall–Kier alpha value is -2.14. The molecule has 1 heterocycles. The highest BCUT2D eigenvalue weighted by molar-refractivity contribution is 7.99. The highest BCUT2D eigenvalue weighted by atomic mass is 32.2. The average molecular weight is 328 g/mol. The van der Waals surface area contributed by atoms with Gasteiger partial charge in [-0.05, 0) is 37.3 Å². The molecule has 5 heteroatoms. The molecule has 0 radical (unpaired) electrons. The maximum atomic E-state index is 12.5. The van der Waals surface area contributed by atoms with E-state index in [9.17, 15) is 4.79 Å². The number of anilines is 2. The van der Waals surface area contributed by atoms with Crippen LogP contribution in [0.4, 0.5) is 11.4 Å². The van der Waals surface area contributed by atoms with Gasteiger partial charge in [0.05, 0.1) is 12.8 Å². The van der Waals surface area contributed by atoms with Gasteiger partial charge in [-0.3, -0.25) is 4.79 Å². The van der Waals surface area contributed by atoms with Gasteiger partial charge in [0.15, 0.2) is 0 Å². The van der Waals surface area contributed by atoms with E-state index in [2.05, 4.69) is 17.1 Å². The molecule has 0 spiro atoms. The van der Waals surface area contributed by atoms with E-state index < -0.39 is 0 Å². The quantitative estimate of drug-likeness (QED) is 0.925. The first-order valence-electron chi connectivity index (χ1n) is 7.68. The van der Waals surface area contributed by atoms with Gasteiger partial charge in [0.1, 0.15) is 5.75 Å². The molecule has 23 heavy (non-hydrogen) atoms. The zero-order chi connectivity index (χ0) is 16.2. The molecule has 0 saturated heterocycles. The van der Waals surface area contributed by atoms with Gasteiger partial charge in [-0.15, -0.1) is 11.8 Å². The minimum Gasteiger partial charge on any atom is -0.497 e. The molecule has 1 amide bonds. The maximum Gasteiger partial charge on any atom is 0.255 e. The van der Waals surface area contributed by atoms with Gasteiger partial charge in [0, 0.05) is 41.1 Å². The Balaban J connectivity index is 1.82. The summed E-state index contributed by atoms with van der Waals surface area (Å²) in [6, 6.07) is 13.3. The summed E-state index contributed by atoms with van der Waals surface area (Å²) < 4.78 is 5.18. The summed E-state index contributed by atoms with van der Waals surface area (Å²) in [6.07, 6.45) is 0. The van der Waals surface area contributed by atoms with Gasteiger partial charge < -0.3 is 15.0 Å². The highest BCUT2D eigenvalue weighted by Gasteiger charge is 2.18. The molecule has 4 nitrogen and oxygen atoms in total. The molecular formula is C18H20N2O2S. The van der Waals surface area contributed by atoms with Crippen LogP contribution in [0.2, 0.25) is 0 Å². The summed E-state index contributed by atoms with van der Waals surface area (Å²) in [5.41, 5.74) is 2.56. The van der Waals surface area contributed by atoms with Crippen LogP contribution in [-0.2, 0) is 0 Å². The molecule has 0 fully saturated rings. The topological polar surface area (TPSA) is 41.6 Å². The summed E-state index contributed by atoms with van der Waals surface area (Å²) in [4.78, 5) is 16.1. The summed E-state index contributed by atoms with van der Waals surface area (Å²) >= 11 is 1.85. The SMILES string of the molecule is CCN1CCSc2ccc(C(=O)Nc3cccc(OC)c3)cc21. The number of fused-ring (bicyclic) bond motifs is 1. The third-order valence-corrected chi connectivity index (χ3v) is 4.93. The van der Waals surface area contributed by atoms with Crippen molar-refractivity contribution in [1.82, 2.24) is 0 Å². The van der Waals surface area contributed by atoms with Crippen molar-refractivity contribution in [2.24, 2.45) is 0 Å². The van der Waals surface area contributed by atoms with Crippen molar-refractivity contribution in [3.8, 4) is 5.75 Å². The largest absolute Gasteiger partial charge is 0.497 e. The fraction of sp³-hybridized carbons (Fsp3) is 0.278. The van der Waals surface area contributed by atoms with E-state index >= 15 is 0 Å². The number of amides is 1. The first kappa shape index (κ1) is 15.7. The van der Waals surface area contributed by atoms with E-state index in [0.717, 1.165) is 36.0 Å². The van der Waals surface area contributed by atoms with Gasteiger partial charge in [0.25, 0.3) is 5.91 Å². The summed E-state index contributed by atoms with van der Waals surface area (Å²) in [5.74, 6) is 1.71. The first-order chi connectivity index (χ1) is 11.2. The van der Waals surface area contributed by atoms with Crippen molar-refractivity contribution >= 4 is 29.0 Å². The normalized spacial score (nSPS) is 13.4. The van der Waals surface area contributed by atoms with Crippen LogP contribution < -0.4 is 15.0 Å². The number of benzene rings is 2. The number of hydrogen-bond acceptors (Lipinski definition) is 4. The van der Waals surface area contributed by atoms with Crippen molar-refractivity contribution in [2.45, 2.75) is 11.8 Å². The molecule has 0 aromatic heterocycles. The van der Waals surface area contributed by atoms with Crippen LogP contribution in [0.15, 0.2) is 47.4 Å². The number of nitrogens with zero attached hydrogens (tertiary/aromatic N) is 1. The van der Waals surface area contributed by atoms with E-state index in [4.69, 9.17) is 4.74 Å². The van der Waals surface area contributed by atoms with Gasteiger partial charge >= 0.3 is 0 Å². The molecule has 2 aromatic rings. The zero-order valence-corrected chi connectivity index (χ0v) is 14.2. The van der Waals surface area contributed by atoms with Crippen molar-refractivity contribution < 1.29 is 9.53 Å². The van der Waals surface area contributed by atoms with E-state index in [1.54, 1.807) is 7.11 Å². The number of ether oxygens (including phenoxy) is 1. The molecule has 2 aromatic carbocycles. The number of carbonyl (C=O) groups excluding carboxylic acids is 1. The van der Waals surface area contributed by atoms with Crippen LogP contribution >= 0.6 is 11.8 Å². The smallest absolute Gasteiger partial charge is 0.255 e. The molecule has 0 aliphatic carbocycles. The summed E-state index contributed by atoms with van der Waals surface area (Å²) in [7, 11) is 1.61. The lowest BCUT2D eigenvalue weighted by Gasteiger charge is -2.30. The van der Waals surface area contributed by atoms with Crippen LogP contribution in [-0.4, -0.2) is 31.9 Å². The second kappa shape index (κ2) is 6.96. The van der Waals surface area contributed by atoms with Gasteiger partial charge in [-0.2, -0.15) is 0 Å². The lowest BCUT2D eigenvalue weighted by atomic mass is 10.1. The average Bonchev–Trinajstić information content (AvgIpc) is 2.60. The van der Waals surface area contributed by atoms with Gasteiger partial charge in [0.2, 0.25) is 0 Å². The van der Waals surface area contributed by atoms with Crippen molar-refractivity contribution in [1.29, 1.82) is 0 Å². The van der Waals surface area contributed by atoms with Crippen LogP contribution in [0.3, 0.4) is 0 Å². The minimum absolute atomic E-state index is 0.104. The lowest BCUT2D eigenvalue weighted by Crippen LogP contribution is -2.29. The predicted octanol–water partition coefficient (Wildman–Crippen LogP) is 3.88. The second-order valence-electron chi connectivity index (χ2n) is 5.30. The number of thioether (sulfide) groups is 1. The summed E-state index contributed by atoms with van der Waals surface area (Å²) in [5, 5.41) is 2.93. The molecule has 1 N–H and O–H groups in total. The van der Waals surface area contributed by atoms with Crippen LogP contribution in [0.5, 0.6) is 5.75 Å². The van der Waals surface area contributed by atoms with Crippen molar-refractivity contribution in [3.05, 3.63) is 48.0 Å². The van der Waals surface area contributed by atoms with Crippen molar-refractivity contribution in [2.75, 3.05) is 36.2 Å². The van der Waals surface area contributed by atoms with E-state index in [-0.39, 0.29) is 5.91 Å². The Morgan fingerprint density at radius 1 is 1.30 bits per heavy atom. The van der Waals surface area contributed by atoms with Crippen molar-refractivity contribution in [3.63, 3.8) is 0 Å². The predicted molar refractivity (Wildman–Crippen MR) is 96.0 cm³/mol. The highest BCUT2D eigenvalue weighted by Crippen LogP contribution is 2.35. The number of carbonyl (C=O) groups is 1. The molecule has 0 saturated carbocycles. The standard InChI is InChI=1S/C18H20N2O2S/c1-3-20-9-10-23-17-8-7-13(11-16(17)20)18(21)19-14-5-4-6-15(12-14)22-2/h4-8,11-12H,3,9-10H2,1-2H3,(H,19,21). The number of rotatable bonds is 4. The lowest BCUT2D eigenvalue weighted by molar-refractivity contribution is 0.102. The first-order valence-corrected chi connectivity index (χ1v) is 8.67. The number of methoxy groups -OCH3 is 1. The van der Waals surface area contributed by atoms with Crippen LogP contribution in [0.25, 0.3) is 0 Å². The third-order valence-electron chi connectivity index (χ3n) is 3.89. The second-order valence-corrected chi connectivity index (χ2v) is 6.43. The van der Waals surface area contributed by atoms with Crippen LogP contribution in [0.1, 0.15) is 17.3 Å². The molecule has 0 bridgehead atoms. The van der Waals surface area contributed by atoms with E-state index in [1.165, 1.54) is 4.90 Å². The third kappa shape index (κ3) is 3.45. The molecular weight excluding hydrogens is 308 g/mol. The Morgan fingerprint density at radius 2 is 2.17 bits per heavy atom. The fourth-order valence-corrected chi connectivity index (χ4v) is 3.68. The Morgan fingerprint density at radius 3 is 2.96 bits per heavy atom. The van der Waals surface area contributed by atoms with Gasteiger partial charge in [-0.25, -0.2) is 0 Å². The monoisotopic (exact) mass is 328 g/mol. The Bertz CT molecular complexity index is 718.